The van der Waals surface area contributed by atoms with E-state index in [0.29, 0.717) is 6.42 Å². The Kier molecular flexibility index (Phi) is 3.74. The molecule has 0 radical (unpaired) electrons. The van der Waals surface area contributed by atoms with Gasteiger partial charge in [-0.05, 0) is 25.1 Å². The summed E-state index contributed by atoms with van der Waals surface area (Å²) in [6, 6.07) is 7.63. The lowest BCUT2D eigenvalue weighted by molar-refractivity contribution is 0.530. The van der Waals surface area contributed by atoms with Crippen molar-refractivity contribution < 1.29 is 0 Å². The zero-order valence-corrected chi connectivity index (χ0v) is 9.67. The molecule has 5 nitrogen and oxygen atoms in total. The van der Waals surface area contributed by atoms with Crippen molar-refractivity contribution in [3.8, 4) is 0 Å². The molecule has 0 spiro atoms. The SMILES string of the molecule is Cc1nccc(C(Cc2ccccn2)NN)n1. The molecule has 0 aliphatic rings. The first-order valence-corrected chi connectivity index (χ1v) is 5.45. The van der Waals surface area contributed by atoms with Gasteiger partial charge in [0.05, 0.1) is 11.7 Å². The molecule has 0 amide bonds. The largest absolute Gasteiger partial charge is 0.271 e. The number of hydrogen-bond donors (Lipinski definition) is 2. The zero-order valence-electron chi connectivity index (χ0n) is 9.67. The van der Waals surface area contributed by atoms with Gasteiger partial charge < -0.3 is 0 Å². The lowest BCUT2D eigenvalue weighted by Crippen LogP contribution is -2.30. The highest BCUT2D eigenvalue weighted by Gasteiger charge is 2.12. The Morgan fingerprint density at radius 1 is 1.24 bits per heavy atom. The fourth-order valence-electron chi connectivity index (χ4n) is 1.65. The highest BCUT2D eigenvalue weighted by molar-refractivity contribution is 5.12. The summed E-state index contributed by atoms with van der Waals surface area (Å²) in [5.74, 6) is 6.30. The monoisotopic (exact) mass is 229 g/mol. The maximum atomic E-state index is 5.56. The lowest BCUT2D eigenvalue weighted by atomic mass is 10.1. The number of pyridine rings is 1. The van der Waals surface area contributed by atoms with E-state index in [0.717, 1.165) is 17.2 Å². The van der Waals surface area contributed by atoms with Gasteiger partial charge >= 0.3 is 0 Å². The topological polar surface area (TPSA) is 76.7 Å². The van der Waals surface area contributed by atoms with Crippen molar-refractivity contribution in [1.82, 2.24) is 20.4 Å². The van der Waals surface area contributed by atoms with Crippen molar-refractivity contribution in [2.75, 3.05) is 0 Å². The number of nitrogens with one attached hydrogen (secondary N) is 1. The number of nitrogens with zero attached hydrogens (tertiary/aromatic N) is 3. The van der Waals surface area contributed by atoms with Gasteiger partial charge in [-0.2, -0.15) is 0 Å². The molecule has 17 heavy (non-hydrogen) atoms. The van der Waals surface area contributed by atoms with Crippen LogP contribution in [0.25, 0.3) is 0 Å². The van der Waals surface area contributed by atoms with Gasteiger partial charge in [0.1, 0.15) is 5.82 Å². The number of hydrogen-bond acceptors (Lipinski definition) is 5. The van der Waals surface area contributed by atoms with Crippen molar-refractivity contribution in [2.24, 2.45) is 5.84 Å². The van der Waals surface area contributed by atoms with Crippen molar-refractivity contribution in [3.05, 3.63) is 53.9 Å². The molecule has 2 aromatic rings. The normalized spacial score (nSPS) is 12.4. The zero-order chi connectivity index (χ0) is 12.1. The van der Waals surface area contributed by atoms with Gasteiger partial charge in [-0.25, -0.2) is 9.97 Å². The van der Waals surface area contributed by atoms with Crippen LogP contribution in [-0.2, 0) is 6.42 Å². The predicted octanol–water partition coefficient (Wildman–Crippen LogP) is 0.927. The molecule has 88 valence electrons. The molecule has 0 aliphatic carbocycles. The van der Waals surface area contributed by atoms with Gasteiger partial charge in [0, 0.05) is 24.5 Å². The van der Waals surface area contributed by atoms with E-state index < -0.39 is 0 Å². The van der Waals surface area contributed by atoms with E-state index >= 15 is 0 Å². The fourth-order valence-corrected chi connectivity index (χ4v) is 1.65. The molecule has 0 aromatic carbocycles. The van der Waals surface area contributed by atoms with Crippen molar-refractivity contribution >= 4 is 0 Å². The first kappa shape index (κ1) is 11.6. The summed E-state index contributed by atoms with van der Waals surface area (Å²) < 4.78 is 0. The van der Waals surface area contributed by atoms with Crippen LogP contribution in [0, 0.1) is 6.92 Å². The smallest absolute Gasteiger partial charge is 0.125 e. The molecule has 0 saturated heterocycles. The van der Waals surface area contributed by atoms with E-state index in [1.54, 1.807) is 12.4 Å². The van der Waals surface area contributed by atoms with Crippen molar-refractivity contribution in [1.29, 1.82) is 0 Å². The van der Waals surface area contributed by atoms with Crippen LogP contribution in [0.1, 0.15) is 23.3 Å². The average Bonchev–Trinajstić information content (AvgIpc) is 2.37. The summed E-state index contributed by atoms with van der Waals surface area (Å²) in [5, 5.41) is 0. The number of nitrogens with two attached hydrogens (primary N) is 1. The number of hydrazine groups is 1. The minimum absolute atomic E-state index is 0.0494. The Bertz CT molecular complexity index is 471. The number of aryl methyl sites for hydroxylation is 1. The molecule has 2 aromatic heterocycles. The summed E-state index contributed by atoms with van der Waals surface area (Å²) in [4.78, 5) is 12.7. The summed E-state index contributed by atoms with van der Waals surface area (Å²) in [6.45, 7) is 1.86. The van der Waals surface area contributed by atoms with Crippen LogP contribution in [-0.4, -0.2) is 15.0 Å². The van der Waals surface area contributed by atoms with Crippen LogP contribution in [0.15, 0.2) is 36.7 Å². The second kappa shape index (κ2) is 5.47. The quantitative estimate of drug-likeness (QED) is 0.602. The standard InChI is InChI=1S/C12H15N5/c1-9-14-7-5-11(16-9)12(17-13)8-10-4-2-3-6-15-10/h2-7,12,17H,8,13H2,1H3. The second-order valence-electron chi connectivity index (χ2n) is 3.77. The third-order valence-corrected chi connectivity index (χ3v) is 2.50. The van der Waals surface area contributed by atoms with E-state index in [4.69, 9.17) is 5.84 Å². The highest BCUT2D eigenvalue weighted by Crippen LogP contribution is 2.13. The van der Waals surface area contributed by atoms with Gasteiger partial charge in [-0.1, -0.05) is 6.07 Å². The van der Waals surface area contributed by atoms with E-state index in [1.807, 2.05) is 31.2 Å². The first-order chi connectivity index (χ1) is 8.29. The Morgan fingerprint density at radius 2 is 2.12 bits per heavy atom. The van der Waals surface area contributed by atoms with Crippen LogP contribution < -0.4 is 11.3 Å². The molecule has 5 heteroatoms. The van der Waals surface area contributed by atoms with E-state index in [-0.39, 0.29) is 6.04 Å². The fraction of sp³-hybridized carbons (Fsp3) is 0.250. The van der Waals surface area contributed by atoms with Crippen molar-refractivity contribution in [2.45, 2.75) is 19.4 Å². The minimum atomic E-state index is -0.0494. The molecule has 3 N–H and O–H groups in total. The van der Waals surface area contributed by atoms with E-state index in [9.17, 15) is 0 Å². The van der Waals surface area contributed by atoms with Gasteiger partial charge in [0.2, 0.25) is 0 Å². The summed E-state index contributed by atoms with van der Waals surface area (Å²) in [6.07, 6.45) is 4.21. The number of rotatable bonds is 4. The first-order valence-electron chi connectivity index (χ1n) is 5.45. The van der Waals surface area contributed by atoms with E-state index in [2.05, 4.69) is 20.4 Å². The van der Waals surface area contributed by atoms with Crippen LogP contribution in [0.2, 0.25) is 0 Å². The molecule has 0 saturated carbocycles. The van der Waals surface area contributed by atoms with Crippen LogP contribution in [0.3, 0.4) is 0 Å². The van der Waals surface area contributed by atoms with Gasteiger partial charge in [-0.15, -0.1) is 0 Å². The van der Waals surface area contributed by atoms with Crippen LogP contribution in [0.4, 0.5) is 0 Å². The summed E-state index contributed by atoms with van der Waals surface area (Å²) in [7, 11) is 0. The number of aromatic nitrogens is 3. The minimum Gasteiger partial charge on any atom is -0.271 e. The van der Waals surface area contributed by atoms with E-state index in [1.165, 1.54) is 0 Å². The maximum absolute atomic E-state index is 5.56. The molecule has 0 aliphatic heterocycles. The van der Waals surface area contributed by atoms with Crippen LogP contribution >= 0.6 is 0 Å². The van der Waals surface area contributed by atoms with Crippen LogP contribution in [0.5, 0.6) is 0 Å². The maximum Gasteiger partial charge on any atom is 0.125 e. The van der Waals surface area contributed by atoms with Gasteiger partial charge in [0.15, 0.2) is 0 Å². The molecular weight excluding hydrogens is 214 g/mol. The Hall–Kier alpha value is -1.85. The third-order valence-electron chi connectivity index (χ3n) is 2.50. The predicted molar refractivity (Wildman–Crippen MR) is 64.8 cm³/mol. The molecule has 2 heterocycles. The summed E-state index contributed by atoms with van der Waals surface area (Å²) >= 11 is 0. The molecular formula is C12H15N5. The molecule has 1 unspecified atom stereocenters. The average molecular weight is 229 g/mol. The van der Waals surface area contributed by atoms with Crippen molar-refractivity contribution in [3.63, 3.8) is 0 Å². The molecule has 1 atom stereocenters. The molecule has 2 rings (SSSR count). The molecule has 0 fully saturated rings. The Morgan fingerprint density at radius 3 is 2.76 bits per heavy atom. The second-order valence-corrected chi connectivity index (χ2v) is 3.77. The Balaban J connectivity index is 2.17. The van der Waals surface area contributed by atoms with Gasteiger partial charge in [0.25, 0.3) is 0 Å². The third kappa shape index (κ3) is 3.05. The molecule has 0 bridgehead atoms. The van der Waals surface area contributed by atoms with Gasteiger partial charge in [-0.3, -0.25) is 16.3 Å². The highest BCUT2D eigenvalue weighted by atomic mass is 15.2. The summed E-state index contributed by atoms with van der Waals surface area (Å²) in [5.41, 5.74) is 4.62. The lowest BCUT2D eigenvalue weighted by Gasteiger charge is -2.14. The Labute approximate surface area is 100 Å².